The van der Waals surface area contributed by atoms with Crippen molar-refractivity contribution in [2.24, 2.45) is 5.84 Å². The van der Waals surface area contributed by atoms with Gasteiger partial charge in [-0.2, -0.15) is 0 Å². The Kier molecular flexibility index (Phi) is 3.86. The van der Waals surface area contributed by atoms with Crippen LogP contribution in [0.3, 0.4) is 0 Å². The molecule has 1 saturated carbocycles. The number of hydrogen-bond acceptors (Lipinski definition) is 2. The van der Waals surface area contributed by atoms with Gasteiger partial charge in [0.25, 0.3) is 0 Å². The normalized spacial score (nSPS) is 16.7. The number of benzene rings is 2. The van der Waals surface area contributed by atoms with Crippen LogP contribution < -0.4 is 11.3 Å². The highest BCUT2D eigenvalue weighted by atomic mass is 15.2. The number of nitrogens with one attached hydrogen (secondary N) is 1. The van der Waals surface area contributed by atoms with Gasteiger partial charge < -0.3 is 0 Å². The van der Waals surface area contributed by atoms with Crippen molar-refractivity contribution in [2.45, 2.75) is 38.1 Å². The summed E-state index contributed by atoms with van der Waals surface area (Å²) in [6.07, 6.45) is 4.06. The number of hydrazine groups is 1. The molecule has 104 valence electrons. The van der Waals surface area contributed by atoms with E-state index in [1.165, 1.54) is 41.5 Å². The maximum absolute atomic E-state index is 5.77. The van der Waals surface area contributed by atoms with Gasteiger partial charge in [-0.1, -0.05) is 60.5 Å². The van der Waals surface area contributed by atoms with Gasteiger partial charge in [0.2, 0.25) is 0 Å². The van der Waals surface area contributed by atoms with E-state index in [-0.39, 0.29) is 6.04 Å². The van der Waals surface area contributed by atoms with Crippen LogP contribution in [0.2, 0.25) is 0 Å². The number of rotatable bonds is 4. The fourth-order valence-electron chi connectivity index (χ4n) is 2.94. The standard InChI is InChI=1S/C18H22N2/c1-13-4-2-7-17(12-13)18(20-19)16-10-8-15(9-11-16)14-5-3-6-14/h2,4,7-12,14,18,20H,3,5-6,19H2,1H3. The summed E-state index contributed by atoms with van der Waals surface area (Å²) in [7, 11) is 0. The van der Waals surface area contributed by atoms with E-state index in [0.29, 0.717) is 0 Å². The summed E-state index contributed by atoms with van der Waals surface area (Å²) in [6, 6.07) is 17.5. The predicted molar refractivity (Wildman–Crippen MR) is 83.4 cm³/mol. The second-order valence-electron chi connectivity index (χ2n) is 5.81. The van der Waals surface area contributed by atoms with Crippen molar-refractivity contribution in [3.63, 3.8) is 0 Å². The second-order valence-corrected chi connectivity index (χ2v) is 5.81. The largest absolute Gasteiger partial charge is 0.271 e. The van der Waals surface area contributed by atoms with Crippen LogP contribution in [0, 0.1) is 6.92 Å². The van der Waals surface area contributed by atoms with Crippen LogP contribution in [0.4, 0.5) is 0 Å². The average molecular weight is 266 g/mol. The number of nitrogens with two attached hydrogens (primary N) is 1. The first kappa shape index (κ1) is 13.3. The maximum Gasteiger partial charge on any atom is 0.0710 e. The smallest absolute Gasteiger partial charge is 0.0710 e. The zero-order chi connectivity index (χ0) is 13.9. The van der Waals surface area contributed by atoms with Crippen LogP contribution in [-0.2, 0) is 0 Å². The second kappa shape index (κ2) is 5.78. The van der Waals surface area contributed by atoms with E-state index in [4.69, 9.17) is 5.84 Å². The lowest BCUT2D eigenvalue weighted by Gasteiger charge is -2.26. The molecule has 0 radical (unpaired) electrons. The Balaban J connectivity index is 1.85. The van der Waals surface area contributed by atoms with Gasteiger partial charge in [-0.3, -0.25) is 5.84 Å². The van der Waals surface area contributed by atoms with Crippen molar-refractivity contribution in [3.05, 3.63) is 70.8 Å². The first-order chi connectivity index (χ1) is 9.78. The molecular formula is C18H22N2. The van der Waals surface area contributed by atoms with E-state index >= 15 is 0 Å². The molecular weight excluding hydrogens is 244 g/mol. The quantitative estimate of drug-likeness (QED) is 0.652. The average Bonchev–Trinajstić information content (AvgIpc) is 2.40. The summed E-state index contributed by atoms with van der Waals surface area (Å²) < 4.78 is 0. The molecule has 0 bridgehead atoms. The fraction of sp³-hybridized carbons (Fsp3) is 0.333. The summed E-state index contributed by atoms with van der Waals surface area (Å²) in [5, 5.41) is 0. The van der Waals surface area contributed by atoms with Crippen molar-refractivity contribution < 1.29 is 0 Å². The maximum atomic E-state index is 5.77. The van der Waals surface area contributed by atoms with Crippen molar-refractivity contribution in [3.8, 4) is 0 Å². The van der Waals surface area contributed by atoms with Crippen molar-refractivity contribution in [1.82, 2.24) is 5.43 Å². The minimum Gasteiger partial charge on any atom is -0.271 e. The molecule has 0 saturated heterocycles. The summed E-state index contributed by atoms with van der Waals surface area (Å²) >= 11 is 0. The summed E-state index contributed by atoms with van der Waals surface area (Å²) in [6.45, 7) is 2.11. The molecule has 2 aromatic rings. The SMILES string of the molecule is Cc1cccc(C(NN)c2ccc(C3CCC3)cc2)c1. The molecule has 3 N–H and O–H groups in total. The van der Waals surface area contributed by atoms with E-state index in [1.807, 2.05) is 0 Å². The molecule has 20 heavy (non-hydrogen) atoms. The molecule has 1 atom stereocenters. The molecule has 2 nitrogen and oxygen atoms in total. The molecule has 1 aliphatic carbocycles. The molecule has 0 heterocycles. The zero-order valence-corrected chi connectivity index (χ0v) is 12.0. The van der Waals surface area contributed by atoms with Crippen molar-refractivity contribution in [1.29, 1.82) is 0 Å². The van der Waals surface area contributed by atoms with Crippen LogP contribution in [-0.4, -0.2) is 0 Å². The molecule has 3 rings (SSSR count). The molecule has 1 aliphatic rings. The summed E-state index contributed by atoms with van der Waals surface area (Å²) in [5.74, 6) is 6.56. The van der Waals surface area contributed by atoms with Gasteiger partial charge in [-0.25, -0.2) is 5.43 Å². The van der Waals surface area contributed by atoms with E-state index in [1.54, 1.807) is 0 Å². The van der Waals surface area contributed by atoms with Gasteiger partial charge in [0.05, 0.1) is 6.04 Å². The Hall–Kier alpha value is -1.64. The summed E-state index contributed by atoms with van der Waals surface area (Å²) in [4.78, 5) is 0. The Morgan fingerprint density at radius 2 is 1.80 bits per heavy atom. The lowest BCUT2D eigenvalue weighted by molar-refractivity contribution is 0.419. The molecule has 0 aromatic heterocycles. The fourth-order valence-corrected chi connectivity index (χ4v) is 2.94. The molecule has 0 spiro atoms. The highest BCUT2D eigenvalue weighted by Crippen LogP contribution is 2.36. The predicted octanol–water partition coefficient (Wildman–Crippen LogP) is 3.82. The van der Waals surface area contributed by atoms with Gasteiger partial charge in [0.1, 0.15) is 0 Å². The van der Waals surface area contributed by atoms with Gasteiger partial charge in [-0.05, 0) is 42.4 Å². The highest BCUT2D eigenvalue weighted by Gasteiger charge is 2.20. The Morgan fingerprint density at radius 3 is 2.35 bits per heavy atom. The number of hydrogen-bond donors (Lipinski definition) is 2. The monoisotopic (exact) mass is 266 g/mol. The molecule has 2 heteroatoms. The molecule has 1 fully saturated rings. The Bertz CT molecular complexity index is 570. The minimum absolute atomic E-state index is 0.0605. The van der Waals surface area contributed by atoms with E-state index in [2.05, 4.69) is 60.9 Å². The van der Waals surface area contributed by atoms with E-state index in [9.17, 15) is 0 Å². The third-order valence-corrected chi connectivity index (χ3v) is 4.39. The third-order valence-electron chi connectivity index (χ3n) is 4.39. The highest BCUT2D eigenvalue weighted by molar-refractivity contribution is 5.36. The van der Waals surface area contributed by atoms with Gasteiger partial charge in [-0.15, -0.1) is 0 Å². The minimum atomic E-state index is 0.0605. The first-order valence-electron chi connectivity index (χ1n) is 7.40. The summed E-state index contributed by atoms with van der Waals surface area (Å²) in [5.41, 5.74) is 8.10. The molecule has 0 amide bonds. The molecule has 0 aliphatic heterocycles. The van der Waals surface area contributed by atoms with Crippen molar-refractivity contribution >= 4 is 0 Å². The van der Waals surface area contributed by atoms with Gasteiger partial charge in [0, 0.05) is 0 Å². The van der Waals surface area contributed by atoms with Crippen LogP contribution in [0.25, 0.3) is 0 Å². The van der Waals surface area contributed by atoms with Crippen LogP contribution >= 0.6 is 0 Å². The molecule has 1 unspecified atom stereocenters. The molecule has 2 aromatic carbocycles. The third kappa shape index (κ3) is 2.62. The van der Waals surface area contributed by atoms with Crippen LogP contribution in [0.1, 0.15) is 53.5 Å². The number of aryl methyl sites for hydroxylation is 1. The lowest BCUT2D eigenvalue weighted by Crippen LogP contribution is -2.28. The topological polar surface area (TPSA) is 38.0 Å². The Labute approximate surface area is 121 Å². The van der Waals surface area contributed by atoms with Gasteiger partial charge >= 0.3 is 0 Å². The van der Waals surface area contributed by atoms with E-state index < -0.39 is 0 Å². The van der Waals surface area contributed by atoms with Crippen molar-refractivity contribution in [2.75, 3.05) is 0 Å². The van der Waals surface area contributed by atoms with E-state index in [0.717, 1.165) is 5.92 Å². The first-order valence-corrected chi connectivity index (χ1v) is 7.40. The van der Waals surface area contributed by atoms with Crippen LogP contribution in [0.15, 0.2) is 48.5 Å². The van der Waals surface area contributed by atoms with Crippen LogP contribution in [0.5, 0.6) is 0 Å². The van der Waals surface area contributed by atoms with Gasteiger partial charge in [0.15, 0.2) is 0 Å². The Morgan fingerprint density at radius 1 is 1.05 bits per heavy atom. The zero-order valence-electron chi connectivity index (χ0n) is 12.0. The lowest BCUT2D eigenvalue weighted by atomic mass is 9.79.